The van der Waals surface area contributed by atoms with Crippen LogP contribution in [-0.2, 0) is 14.2 Å². The lowest BCUT2D eigenvalue weighted by Gasteiger charge is -1.93. The molecule has 3 heterocycles. The molecule has 13 heavy (non-hydrogen) atoms. The van der Waals surface area contributed by atoms with Gasteiger partial charge in [-0.1, -0.05) is 0 Å². The Labute approximate surface area is 78.3 Å². The van der Waals surface area contributed by atoms with Crippen LogP contribution in [0.4, 0.5) is 0 Å². The molecule has 3 fully saturated rings. The molecule has 0 spiro atoms. The molecule has 0 aliphatic carbocycles. The average Bonchev–Trinajstić information content (AvgIpc) is 2.91. The van der Waals surface area contributed by atoms with Crippen molar-refractivity contribution in [2.24, 2.45) is 0 Å². The van der Waals surface area contributed by atoms with E-state index in [-0.39, 0.29) is 0 Å². The largest absolute Gasteiger partial charge is 0.373 e. The quantitative estimate of drug-likeness (QED) is 0.580. The fraction of sp³-hybridized carbons (Fsp3) is 1.00. The standard InChI is InChI=1S/C10H16O3/c1(2-7-5-11-7)3-9-10(13-9)4-8-6-12-8/h7-10H,1-6H2/t7-,8+,9+,10-/m0/s1. The summed E-state index contributed by atoms with van der Waals surface area (Å²) in [6, 6.07) is 0. The molecule has 0 unspecified atom stereocenters. The van der Waals surface area contributed by atoms with Crippen molar-refractivity contribution < 1.29 is 14.2 Å². The highest BCUT2D eigenvalue weighted by Gasteiger charge is 2.42. The van der Waals surface area contributed by atoms with E-state index in [9.17, 15) is 0 Å². The Hall–Kier alpha value is -0.120. The SMILES string of the molecule is C(C[C@H]1CO1)C[C@H]1O[C@H]1C[C@@H]1CO1. The zero-order valence-electron chi connectivity index (χ0n) is 7.78. The van der Waals surface area contributed by atoms with Crippen LogP contribution in [0.5, 0.6) is 0 Å². The van der Waals surface area contributed by atoms with E-state index in [0.29, 0.717) is 24.4 Å². The molecular weight excluding hydrogens is 168 g/mol. The van der Waals surface area contributed by atoms with Gasteiger partial charge in [0.15, 0.2) is 0 Å². The van der Waals surface area contributed by atoms with Crippen molar-refractivity contribution in [1.29, 1.82) is 0 Å². The van der Waals surface area contributed by atoms with Crippen molar-refractivity contribution in [2.75, 3.05) is 13.2 Å². The number of ether oxygens (including phenoxy) is 3. The maximum absolute atomic E-state index is 5.55. The van der Waals surface area contributed by atoms with Crippen molar-refractivity contribution in [3.63, 3.8) is 0 Å². The molecule has 3 heteroatoms. The molecule has 0 aromatic carbocycles. The molecule has 0 amide bonds. The third-order valence-corrected chi connectivity index (χ3v) is 3.00. The van der Waals surface area contributed by atoms with E-state index in [1.54, 1.807) is 0 Å². The fourth-order valence-electron chi connectivity index (χ4n) is 1.89. The maximum atomic E-state index is 5.55. The van der Waals surface area contributed by atoms with Crippen LogP contribution in [0.3, 0.4) is 0 Å². The summed E-state index contributed by atoms with van der Waals surface area (Å²) in [6.45, 7) is 1.95. The van der Waals surface area contributed by atoms with Gasteiger partial charge >= 0.3 is 0 Å². The molecule has 3 aliphatic heterocycles. The van der Waals surface area contributed by atoms with Crippen molar-refractivity contribution in [3.8, 4) is 0 Å². The molecule has 3 aliphatic rings. The van der Waals surface area contributed by atoms with Gasteiger partial charge in [0, 0.05) is 6.42 Å². The second-order valence-electron chi connectivity index (χ2n) is 4.29. The van der Waals surface area contributed by atoms with Crippen LogP contribution in [0, 0.1) is 0 Å². The first kappa shape index (κ1) is 8.21. The van der Waals surface area contributed by atoms with Crippen molar-refractivity contribution in [1.82, 2.24) is 0 Å². The third-order valence-electron chi connectivity index (χ3n) is 3.00. The van der Waals surface area contributed by atoms with Crippen molar-refractivity contribution in [2.45, 2.75) is 50.1 Å². The number of hydrogen-bond donors (Lipinski definition) is 0. The molecule has 3 rings (SSSR count). The van der Waals surface area contributed by atoms with Crippen LogP contribution < -0.4 is 0 Å². The van der Waals surface area contributed by atoms with E-state index in [2.05, 4.69) is 0 Å². The minimum Gasteiger partial charge on any atom is -0.373 e. The minimum absolute atomic E-state index is 0.521. The summed E-state index contributed by atoms with van der Waals surface area (Å²) in [6.07, 6.45) is 7.02. The molecule has 0 radical (unpaired) electrons. The molecule has 0 aromatic rings. The fourth-order valence-corrected chi connectivity index (χ4v) is 1.89. The Morgan fingerprint density at radius 3 is 2.38 bits per heavy atom. The number of epoxide rings is 3. The molecule has 0 saturated carbocycles. The molecule has 3 saturated heterocycles. The highest BCUT2D eigenvalue weighted by atomic mass is 16.6. The van der Waals surface area contributed by atoms with Gasteiger partial charge < -0.3 is 14.2 Å². The van der Waals surface area contributed by atoms with E-state index in [1.807, 2.05) is 0 Å². The van der Waals surface area contributed by atoms with Crippen molar-refractivity contribution >= 4 is 0 Å². The lowest BCUT2D eigenvalue weighted by atomic mass is 10.1. The second kappa shape index (κ2) is 3.23. The van der Waals surface area contributed by atoms with E-state index in [1.165, 1.54) is 19.3 Å². The molecule has 3 nitrogen and oxygen atoms in total. The second-order valence-corrected chi connectivity index (χ2v) is 4.29. The van der Waals surface area contributed by atoms with E-state index < -0.39 is 0 Å². The monoisotopic (exact) mass is 184 g/mol. The Morgan fingerprint density at radius 2 is 1.69 bits per heavy atom. The molecule has 4 atom stereocenters. The molecule has 0 aromatic heterocycles. The maximum Gasteiger partial charge on any atom is 0.0867 e. The molecule has 0 bridgehead atoms. The van der Waals surface area contributed by atoms with Crippen LogP contribution in [0.2, 0.25) is 0 Å². The average molecular weight is 184 g/mol. The lowest BCUT2D eigenvalue weighted by Crippen LogP contribution is -1.99. The summed E-state index contributed by atoms with van der Waals surface area (Å²) in [5.41, 5.74) is 0. The van der Waals surface area contributed by atoms with Gasteiger partial charge in [0.05, 0.1) is 37.6 Å². The third kappa shape index (κ3) is 2.42. The summed E-state index contributed by atoms with van der Waals surface area (Å²) in [5, 5.41) is 0. The van der Waals surface area contributed by atoms with Crippen LogP contribution in [0.15, 0.2) is 0 Å². The Kier molecular flexibility index (Phi) is 2.04. The Bertz CT molecular complexity index is 187. The molecule has 0 N–H and O–H groups in total. The predicted molar refractivity (Wildman–Crippen MR) is 46.6 cm³/mol. The normalized spacial score (nSPS) is 46.2. The van der Waals surface area contributed by atoms with Gasteiger partial charge in [-0.25, -0.2) is 0 Å². The topological polar surface area (TPSA) is 37.6 Å². The van der Waals surface area contributed by atoms with Gasteiger partial charge in [-0.05, 0) is 19.3 Å². The number of hydrogen-bond acceptors (Lipinski definition) is 3. The predicted octanol–water partition coefficient (Wildman–Crippen LogP) is 1.11. The summed E-state index contributed by atoms with van der Waals surface area (Å²) in [5.74, 6) is 0. The van der Waals surface area contributed by atoms with Gasteiger partial charge in [0.1, 0.15) is 0 Å². The van der Waals surface area contributed by atoms with Gasteiger partial charge in [-0.2, -0.15) is 0 Å². The molecule has 74 valence electrons. The van der Waals surface area contributed by atoms with Gasteiger partial charge in [-0.3, -0.25) is 0 Å². The van der Waals surface area contributed by atoms with Crippen molar-refractivity contribution in [3.05, 3.63) is 0 Å². The zero-order chi connectivity index (χ0) is 8.67. The summed E-state index contributed by atoms with van der Waals surface area (Å²) >= 11 is 0. The van der Waals surface area contributed by atoms with Crippen LogP contribution in [-0.4, -0.2) is 37.6 Å². The van der Waals surface area contributed by atoms with E-state index in [0.717, 1.165) is 19.6 Å². The number of rotatable bonds is 6. The lowest BCUT2D eigenvalue weighted by molar-refractivity contribution is 0.325. The minimum atomic E-state index is 0.521. The van der Waals surface area contributed by atoms with E-state index in [4.69, 9.17) is 14.2 Å². The first-order valence-corrected chi connectivity index (χ1v) is 5.30. The summed E-state index contributed by atoms with van der Waals surface area (Å²) < 4.78 is 15.9. The highest BCUT2D eigenvalue weighted by Crippen LogP contribution is 2.34. The van der Waals surface area contributed by atoms with Gasteiger partial charge in [-0.15, -0.1) is 0 Å². The summed E-state index contributed by atoms with van der Waals surface area (Å²) in [4.78, 5) is 0. The first-order valence-electron chi connectivity index (χ1n) is 5.30. The van der Waals surface area contributed by atoms with Crippen LogP contribution in [0.25, 0.3) is 0 Å². The summed E-state index contributed by atoms with van der Waals surface area (Å²) in [7, 11) is 0. The zero-order valence-corrected chi connectivity index (χ0v) is 7.78. The molecular formula is C10H16O3. The first-order chi connectivity index (χ1) is 6.42. The van der Waals surface area contributed by atoms with Gasteiger partial charge in [0.2, 0.25) is 0 Å². The van der Waals surface area contributed by atoms with Gasteiger partial charge in [0.25, 0.3) is 0 Å². The smallest absolute Gasteiger partial charge is 0.0867 e. The highest BCUT2D eigenvalue weighted by molar-refractivity contribution is 4.89. The van der Waals surface area contributed by atoms with Crippen LogP contribution >= 0.6 is 0 Å². The Balaban J connectivity index is 1.25. The van der Waals surface area contributed by atoms with Crippen LogP contribution in [0.1, 0.15) is 25.7 Å². The Morgan fingerprint density at radius 1 is 0.923 bits per heavy atom. The van der Waals surface area contributed by atoms with E-state index >= 15 is 0 Å².